The molecule has 5 nitrogen and oxygen atoms in total. The van der Waals surface area contributed by atoms with E-state index in [1.807, 2.05) is 32.0 Å². The molecule has 0 saturated heterocycles. The maximum absolute atomic E-state index is 13.5. The summed E-state index contributed by atoms with van der Waals surface area (Å²) in [5.41, 5.74) is 2.71. The van der Waals surface area contributed by atoms with Gasteiger partial charge in [0.05, 0.1) is 19.9 Å². The fourth-order valence-corrected chi connectivity index (χ4v) is 2.81. The predicted octanol–water partition coefficient (Wildman–Crippen LogP) is 3.94. The molecule has 3 rings (SSSR count). The molecule has 0 spiro atoms. The fraction of sp³-hybridized carbons (Fsp3) is 0.200. The van der Waals surface area contributed by atoms with Crippen LogP contribution in [0.3, 0.4) is 0 Å². The molecule has 0 aliphatic heterocycles. The van der Waals surface area contributed by atoms with Crippen molar-refractivity contribution in [3.8, 4) is 5.75 Å². The van der Waals surface area contributed by atoms with Gasteiger partial charge in [0.25, 0.3) is 0 Å². The molecule has 3 aromatic rings. The molecule has 0 aliphatic rings. The van der Waals surface area contributed by atoms with Gasteiger partial charge >= 0.3 is 5.56 Å². The first-order chi connectivity index (χ1) is 12.9. The molecule has 1 N–H and O–H groups in total. The summed E-state index contributed by atoms with van der Waals surface area (Å²) in [4.78, 5) is 16.1. The molecule has 0 atom stereocenters. The number of hydrogen-bond acceptors (Lipinski definition) is 4. The normalized spacial score (nSPS) is 10.7. The second kappa shape index (κ2) is 7.57. The third-order valence-corrected chi connectivity index (χ3v) is 4.09. The molecule has 7 heteroatoms. The number of nitrogens with zero attached hydrogens (tertiary/aromatic N) is 2. The van der Waals surface area contributed by atoms with Gasteiger partial charge in [-0.15, -0.1) is 0 Å². The molecule has 0 aliphatic carbocycles. The molecule has 0 amide bonds. The first-order valence-electron chi connectivity index (χ1n) is 8.30. The van der Waals surface area contributed by atoms with Gasteiger partial charge in [-0.2, -0.15) is 4.98 Å². The van der Waals surface area contributed by atoms with E-state index in [0.717, 1.165) is 22.9 Å². The molecular formula is C20H19F2N3O2. The molecule has 0 radical (unpaired) electrons. The monoisotopic (exact) mass is 371 g/mol. The van der Waals surface area contributed by atoms with Crippen molar-refractivity contribution in [2.45, 2.75) is 20.4 Å². The quantitative estimate of drug-likeness (QED) is 0.738. The summed E-state index contributed by atoms with van der Waals surface area (Å²) in [6, 6.07) is 9.08. The molecule has 140 valence electrons. The Morgan fingerprint density at radius 1 is 1.11 bits per heavy atom. The van der Waals surface area contributed by atoms with E-state index < -0.39 is 17.2 Å². The zero-order valence-corrected chi connectivity index (χ0v) is 15.2. The summed E-state index contributed by atoms with van der Waals surface area (Å²) >= 11 is 0. The Bertz CT molecular complexity index is 1030. The van der Waals surface area contributed by atoms with Crippen LogP contribution in [0.4, 0.5) is 20.4 Å². The third kappa shape index (κ3) is 4.31. The Kier molecular flexibility index (Phi) is 5.21. The summed E-state index contributed by atoms with van der Waals surface area (Å²) in [5, 5.41) is 3.12. The third-order valence-electron chi connectivity index (χ3n) is 4.09. The molecule has 0 fully saturated rings. The second-order valence-electron chi connectivity index (χ2n) is 6.29. The van der Waals surface area contributed by atoms with Crippen LogP contribution >= 0.6 is 0 Å². The van der Waals surface area contributed by atoms with Crippen LogP contribution < -0.4 is 15.6 Å². The number of methoxy groups -OCH3 is 1. The van der Waals surface area contributed by atoms with Gasteiger partial charge in [0.2, 0.25) is 11.7 Å². The average molecular weight is 371 g/mol. The van der Waals surface area contributed by atoms with Crippen LogP contribution in [-0.2, 0) is 6.54 Å². The van der Waals surface area contributed by atoms with E-state index in [1.165, 1.54) is 25.4 Å². The molecule has 1 heterocycles. The number of nitrogens with one attached hydrogen (secondary N) is 1. The molecule has 2 aromatic carbocycles. The summed E-state index contributed by atoms with van der Waals surface area (Å²) in [5.74, 6) is -1.06. The van der Waals surface area contributed by atoms with Crippen molar-refractivity contribution in [1.29, 1.82) is 0 Å². The van der Waals surface area contributed by atoms with E-state index in [2.05, 4.69) is 10.3 Å². The van der Waals surface area contributed by atoms with Gasteiger partial charge in [-0.25, -0.2) is 8.78 Å². The van der Waals surface area contributed by atoms with Crippen molar-refractivity contribution < 1.29 is 13.5 Å². The number of aryl methyl sites for hydroxylation is 2. The topological polar surface area (TPSA) is 56.1 Å². The highest BCUT2D eigenvalue weighted by atomic mass is 19.1. The molecular weight excluding hydrogens is 352 g/mol. The van der Waals surface area contributed by atoms with E-state index >= 15 is 0 Å². The summed E-state index contributed by atoms with van der Waals surface area (Å²) < 4.78 is 33.7. The number of benzene rings is 2. The van der Waals surface area contributed by atoms with Crippen molar-refractivity contribution in [1.82, 2.24) is 9.55 Å². The van der Waals surface area contributed by atoms with Crippen LogP contribution in [0.25, 0.3) is 0 Å². The highest BCUT2D eigenvalue weighted by Crippen LogP contribution is 2.22. The van der Waals surface area contributed by atoms with Crippen molar-refractivity contribution in [2.24, 2.45) is 0 Å². The Hall–Kier alpha value is -3.22. The van der Waals surface area contributed by atoms with Gasteiger partial charge < -0.3 is 14.6 Å². The fourth-order valence-electron chi connectivity index (χ4n) is 2.81. The molecule has 27 heavy (non-hydrogen) atoms. The number of anilines is 2. The van der Waals surface area contributed by atoms with Gasteiger partial charge in [-0.3, -0.25) is 4.79 Å². The van der Waals surface area contributed by atoms with E-state index in [9.17, 15) is 13.6 Å². The first-order valence-corrected chi connectivity index (χ1v) is 8.30. The zero-order chi connectivity index (χ0) is 19.6. The minimum atomic E-state index is -0.671. The van der Waals surface area contributed by atoms with E-state index in [0.29, 0.717) is 5.56 Å². The predicted molar refractivity (Wildman–Crippen MR) is 99.7 cm³/mol. The van der Waals surface area contributed by atoms with Crippen LogP contribution in [0.2, 0.25) is 0 Å². The van der Waals surface area contributed by atoms with Crippen LogP contribution in [0.15, 0.2) is 47.4 Å². The zero-order valence-electron chi connectivity index (χ0n) is 15.2. The van der Waals surface area contributed by atoms with Gasteiger partial charge in [0, 0.05) is 11.8 Å². The standard InChI is InChI=1S/C20H19F2N3O2/c1-12-4-5-17(13(2)6-12)23-20-24-19(26)18(27-3)11-25(20)10-14-7-15(21)9-16(22)8-14/h4-9,11H,10H2,1-3H3,(H,23,24,26). The Balaban J connectivity index is 2.04. The van der Waals surface area contributed by atoms with Crippen LogP contribution in [0.1, 0.15) is 16.7 Å². The van der Waals surface area contributed by atoms with E-state index in [1.54, 1.807) is 4.57 Å². The lowest BCUT2D eigenvalue weighted by molar-refractivity contribution is 0.402. The number of halogens is 2. The van der Waals surface area contributed by atoms with Crippen molar-refractivity contribution in [3.05, 3.63) is 81.3 Å². The lowest BCUT2D eigenvalue weighted by Crippen LogP contribution is -2.19. The highest BCUT2D eigenvalue weighted by molar-refractivity contribution is 5.59. The van der Waals surface area contributed by atoms with Crippen LogP contribution in [0, 0.1) is 25.5 Å². The van der Waals surface area contributed by atoms with E-state index in [-0.39, 0.29) is 18.2 Å². The highest BCUT2D eigenvalue weighted by Gasteiger charge is 2.12. The number of hydrogen-bond donors (Lipinski definition) is 1. The van der Waals surface area contributed by atoms with Gasteiger partial charge in [0.15, 0.2) is 0 Å². The largest absolute Gasteiger partial charge is 0.490 e. The lowest BCUT2D eigenvalue weighted by atomic mass is 10.1. The smallest absolute Gasteiger partial charge is 0.316 e. The van der Waals surface area contributed by atoms with Crippen molar-refractivity contribution in [2.75, 3.05) is 12.4 Å². The maximum atomic E-state index is 13.5. The summed E-state index contributed by atoms with van der Waals surface area (Å²) in [6.45, 7) is 4.02. The molecule has 0 bridgehead atoms. The Morgan fingerprint density at radius 2 is 1.81 bits per heavy atom. The summed E-state index contributed by atoms with van der Waals surface area (Å²) in [6.07, 6.45) is 1.46. The number of rotatable bonds is 5. The van der Waals surface area contributed by atoms with Gasteiger partial charge in [-0.05, 0) is 43.2 Å². The van der Waals surface area contributed by atoms with Crippen molar-refractivity contribution in [3.63, 3.8) is 0 Å². The molecule has 1 aromatic heterocycles. The number of aromatic nitrogens is 2. The van der Waals surface area contributed by atoms with Crippen LogP contribution in [0.5, 0.6) is 5.75 Å². The first kappa shape index (κ1) is 18.6. The Morgan fingerprint density at radius 3 is 2.44 bits per heavy atom. The SMILES string of the molecule is COc1cn(Cc2cc(F)cc(F)c2)c(Nc2ccc(C)cc2C)nc1=O. The van der Waals surface area contributed by atoms with Gasteiger partial charge in [-0.1, -0.05) is 17.7 Å². The average Bonchev–Trinajstić information content (AvgIpc) is 2.58. The minimum Gasteiger partial charge on any atom is -0.490 e. The minimum absolute atomic E-state index is 0.0399. The van der Waals surface area contributed by atoms with Gasteiger partial charge in [0.1, 0.15) is 11.6 Å². The summed E-state index contributed by atoms with van der Waals surface area (Å²) in [7, 11) is 1.36. The van der Waals surface area contributed by atoms with E-state index in [4.69, 9.17) is 4.74 Å². The Labute approximate surface area is 155 Å². The van der Waals surface area contributed by atoms with Crippen LogP contribution in [-0.4, -0.2) is 16.7 Å². The second-order valence-corrected chi connectivity index (χ2v) is 6.29. The van der Waals surface area contributed by atoms with Crippen molar-refractivity contribution >= 4 is 11.6 Å². The number of ether oxygens (including phenoxy) is 1. The molecule has 0 unspecified atom stereocenters. The maximum Gasteiger partial charge on any atom is 0.316 e. The lowest BCUT2D eigenvalue weighted by Gasteiger charge is -2.16. The molecule has 0 saturated carbocycles.